The van der Waals surface area contributed by atoms with Crippen LogP contribution in [0.25, 0.3) is 17.1 Å². The maximum Gasteiger partial charge on any atom is 0.175 e. The van der Waals surface area contributed by atoms with Crippen molar-refractivity contribution in [1.29, 1.82) is 0 Å². The molecule has 0 bridgehead atoms. The molecule has 0 saturated heterocycles. The molecule has 3 aromatic heterocycles. The molecule has 0 aromatic carbocycles. The van der Waals surface area contributed by atoms with Crippen molar-refractivity contribution in [1.82, 2.24) is 9.38 Å². The van der Waals surface area contributed by atoms with Gasteiger partial charge in [-0.25, -0.2) is 9.37 Å². The number of halogens is 1. The van der Waals surface area contributed by atoms with Gasteiger partial charge >= 0.3 is 0 Å². The molecule has 0 aliphatic carbocycles. The summed E-state index contributed by atoms with van der Waals surface area (Å²) in [5, 5.41) is 0. The van der Waals surface area contributed by atoms with Crippen LogP contribution in [0.2, 0.25) is 0 Å². The first-order valence-electron chi connectivity index (χ1n) is 4.73. The minimum Gasteiger partial charge on any atom is -0.463 e. The van der Waals surface area contributed by atoms with E-state index in [0.29, 0.717) is 17.3 Å². The molecule has 2 N–H and O–H groups in total. The summed E-state index contributed by atoms with van der Waals surface area (Å²) >= 11 is 0. The minimum atomic E-state index is -0.410. The van der Waals surface area contributed by atoms with Crippen LogP contribution in [0.1, 0.15) is 0 Å². The fourth-order valence-electron chi connectivity index (χ4n) is 1.65. The summed E-state index contributed by atoms with van der Waals surface area (Å²) in [6.45, 7) is 0. The largest absolute Gasteiger partial charge is 0.463 e. The number of nitrogen functional groups attached to an aromatic ring is 1. The molecule has 0 aliphatic rings. The van der Waals surface area contributed by atoms with E-state index in [1.165, 1.54) is 16.7 Å². The Morgan fingerprint density at radius 1 is 1.31 bits per heavy atom. The summed E-state index contributed by atoms with van der Waals surface area (Å²) in [4.78, 5) is 4.12. The Hall–Kier alpha value is -2.30. The number of fused-ring (bicyclic) bond motifs is 1. The molecular formula is C11H8FN3O. The molecule has 3 heterocycles. The second-order valence-electron chi connectivity index (χ2n) is 3.37. The lowest BCUT2D eigenvalue weighted by Crippen LogP contribution is -1.94. The zero-order valence-corrected chi connectivity index (χ0v) is 8.22. The molecule has 80 valence electrons. The molecule has 16 heavy (non-hydrogen) atoms. The van der Waals surface area contributed by atoms with Crippen LogP contribution < -0.4 is 5.73 Å². The van der Waals surface area contributed by atoms with E-state index in [4.69, 9.17) is 10.2 Å². The number of rotatable bonds is 1. The van der Waals surface area contributed by atoms with Gasteiger partial charge in [0.05, 0.1) is 6.26 Å². The smallest absolute Gasteiger partial charge is 0.175 e. The molecule has 0 aliphatic heterocycles. The standard InChI is InChI=1S/C11H8FN3O/c12-7-3-1-5-15-10(13)9(14-11(7)15)8-4-2-6-16-8/h1-6H,13H2. The van der Waals surface area contributed by atoms with Crippen LogP contribution in [0.15, 0.2) is 41.1 Å². The average molecular weight is 217 g/mol. The number of aromatic nitrogens is 2. The molecule has 3 rings (SSSR count). The van der Waals surface area contributed by atoms with E-state index in [1.54, 1.807) is 24.4 Å². The highest BCUT2D eigenvalue weighted by Gasteiger charge is 2.15. The number of anilines is 1. The molecule has 0 unspecified atom stereocenters. The molecule has 4 nitrogen and oxygen atoms in total. The van der Waals surface area contributed by atoms with Gasteiger partial charge < -0.3 is 10.2 Å². The number of hydrogen-bond acceptors (Lipinski definition) is 3. The van der Waals surface area contributed by atoms with Crippen molar-refractivity contribution in [3.8, 4) is 11.5 Å². The lowest BCUT2D eigenvalue weighted by Gasteiger charge is -1.95. The zero-order chi connectivity index (χ0) is 11.1. The summed E-state index contributed by atoms with van der Waals surface area (Å²) in [5.41, 5.74) is 6.53. The maximum atomic E-state index is 13.5. The van der Waals surface area contributed by atoms with Crippen molar-refractivity contribution in [2.75, 3.05) is 5.73 Å². The fraction of sp³-hybridized carbons (Fsp3) is 0. The molecule has 5 heteroatoms. The van der Waals surface area contributed by atoms with Gasteiger partial charge in [0.2, 0.25) is 0 Å². The van der Waals surface area contributed by atoms with Crippen molar-refractivity contribution in [3.63, 3.8) is 0 Å². The van der Waals surface area contributed by atoms with Gasteiger partial charge in [-0.3, -0.25) is 4.40 Å². The second kappa shape index (κ2) is 3.10. The van der Waals surface area contributed by atoms with E-state index in [9.17, 15) is 4.39 Å². The molecule has 0 amide bonds. The lowest BCUT2D eigenvalue weighted by atomic mass is 10.3. The van der Waals surface area contributed by atoms with Gasteiger partial charge in [0.25, 0.3) is 0 Å². The van der Waals surface area contributed by atoms with Crippen molar-refractivity contribution in [2.24, 2.45) is 0 Å². The summed E-state index contributed by atoms with van der Waals surface area (Å²) in [6.07, 6.45) is 3.18. The van der Waals surface area contributed by atoms with Gasteiger partial charge in [0.1, 0.15) is 11.5 Å². The minimum absolute atomic E-state index is 0.200. The van der Waals surface area contributed by atoms with Gasteiger partial charge in [-0.05, 0) is 24.3 Å². The summed E-state index contributed by atoms with van der Waals surface area (Å²) < 4.78 is 20.1. The number of hydrogen-bond donors (Lipinski definition) is 1. The first kappa shape index (κ1) is 8.96. The van der Waals surface area contributed by atoms with E-state index in [1.807, 2.05) is 0 Å². The Kier molecular flexibility index (Phi) is 1.73. The third-order valence-corrected chi connectivity index (χ3v) is 2.39. The monoisotopic (exact) mass is 217 g/mol. The van der Waals surface area contributed by atoms with E-state index in [-0.39, 0.29) is 5.65 Å². The Balaban J connectivity index is 2.36. The highest BCUT2D eigenvalue weighted by atomic mass is 19.1. The number of nitrogens with two attached hydrogens (primary N) is 1. The van der Waals surface area contributed by atoms with E-state index in [2.05, 4.69) is 4.98 Å². The first-order valence-corrected chi connectivity index (χ1v) is 4.73. The molecule has 3 aromatic rings. The van der Waals surface area contributed by atoms with Gasteiger partial charge in [-0.2, -0.15) is 0 Å². The van der Waals surface area contributed by atoms with Gasteiger partial charge in [0, 0.05) is 6.20 Å². The summed E-state index contributed by atoms with van der Waals surface area (Å²) in [6, 6.07) is 6.38. The van der Waals surface area contributed by atoms with Crippen LogP contribution in [-0.2, 0) is 0 Å². The van der Waals surface area contributed by atoms with E-state index < -0.39 is 5.82 Å². The molecule has 0 radical (unpaired) electrons. The van der Waals surface area contributed by atoms with Crippen LogP contribution in [0.4, 0.5) is 10.2 Å². The lowest BCUT2D eigenvalue weighted by molar-refractivity contribution is 0.580. The summed E-state index contributed by atoms with van der Waals surface area (Å²) in [5.74, 6) is 0.483. The predicted molar refractivity (Wildman–Crippen MR) is 57.3 cm³/mol. The Labute approximate surface area is 90.1 Å². The maximum absolute atomic E-state index is 13.5. The molecule has 0 atom stereocenters. The van der Waals surface area contributed by atoms with Crippen LogP contribution in [0, 0.1) is 5.82 Å². The average Bonchev–Trinajstić information content (AvgIpc) is 2.88. The Morgan fingerprint density at radius 3 is 2.88 bits per heavy atom. The zero-order valence-electron chi connectivity index (χ0n) is 8.22. The topological polar surface area (TPSA) is 56.5 Å². The normalized spacial score (nSPS) is 11.1. The number of nitrogens with zero attached hydrogens (tertiary/aromatic N) is 2. The van der Waals surface area contributed by atoms with Crippen molar-refractivity contribution in [3.05, 3.63) is 42.5 Å². The second-order valence-corrected chi connectivity index (χ2v) is 3.37. The predicted octanol–water partition coefficient (Wildman–Crippen LogP) is 2.32. The first-order chi connectivity index (χ1) is 7.77. The molecule has 0 saturated carbocycles. The third kappa shape index (κ3) is 1.11. The summed E-state index contributed by atoms with van der Waals surface area (Å²) in [7, 11) is 0. The molecule has 0 fully saturated rings. The van der Waals surface area contributed by atoms with E-state index >= 15 is 0 Å². The highest BCUT2D eigenvalue weighted by Crippen LogP contribution is 2.27. The van der Waals surface area contributed by atoms with Crippen LogP contribution in [-0.4, -0.2) is 9.38 Å². The number of pyridine rings is 1. The number of furan rings is 1. The van der Waals surface area contributed by atoms with Gasteiger partial charge in [-0.1, -0.05) is 0 Å². The van der Waals surface area contributed by atoms with Crippen LogP contribution >= 0.6 is 0 Å². The van der Waals surface area contributed by atoms with Gasteiger partial charge in [-0.15, -0.1) is 0 Å². The van der Waals surface area contributed by atoms with Crippen LogP contribution in [0.3, 0.4) is 0 Å². The molecule has 0 spiro atoms. The third-order valence-electron chi connectivity index (χ3n) is 2.39. The van der Waals surface area contributed by atoms with Crippen LogP contribution in [0.5, 0.6) is 0 Å². The Bertz CT molecular complexity index is 643. The fourth-order valence-corrected chi connectivity index (χ4v) is 1.65. The van der Waals surface area contributed by atoms with E-state index in [0.717, 1.165) is 0 Å². The van der Waals surface area contributed by atoms with Crippen molar-refractivity contribution >= 4 is 11.5 Å². The van der Waals surface area contributed by atoms with Crippen molar-refractivity contribution < 1.29 is 8.81 Å². The van der Waals surface area contributed by atoms with Gasteiger partial charge in [0.15, 0.2) is 17.2 Å². The SMILES string of the molecule is Nc1c(-c2ccco2)nc2c(F)cccn12. The van der Waals surface area contributed by atoms with Crippen molar-refractivity contribution in [2.45, 2.75) is 0 Å². The quantitative estimate of drug-likeness (QED) is 0.680. The highest BCUT2D eigenvalue weighted by molar-refractivity contribution is 5.71. The Morgan fingerprint density at radius 2 is 2.19 bits per heavy atom. The number of imidazole rings is 1. The molecular weight excluding hydrogens is 209 g/mol.